The molecule has 0 saturated heterocycles. The van der Waals surface area contributed by atoms with E-state index in [0.29, 0.717) is 35.7 Å². The zero-order valence-corrected chi connectivity index (χ0v) is 18.1. The second-order valence-corrected chi connectivity index (χ2v) is 9.72. The molecule has 1 heterocycles. The van der Waals surface area contributed by atoms with Crippen LogP contribution in [0.3, 0.4) is 0 Å². The van der Waals surface area contributed by atoms with Crippen LogP contribution < -0.4 is 15.6 Å². The first-order valence-electron chi connectivity index (χ1n) is 11.2. The first-order chi connectivity index (χ1) is 14.9. The van der Waals surface area contributed by atoms with Crippen LogP contribution in [0, 0.1) is 37.0 Å². The standard InChI is InChI=1S/C24H29N3O4/c1-14-21(15(2)31-27-14)13-30-20-5-3-19(4-6-20)22(28)25-26-23(29)24-10-16-7-17(11-24)9-18(8-16)12-24/h3-6,16-18H,7-13H2,1-2H3,(H,25,28)(H,26,29). The number of aromatic nitrogens is 1. The molecule has 7 nitrogen and oxygen atoms in total. The lowest BCUT2D eigenvalue weighted by atomic mass is 9.49. The summed E-state index contributed by atoms with van der Waals surface area (Å²) in [6, 6.07) is 6.87. The summed E-state index contributed by atoms with van der Waals surface area (Å²) in [4.78, 5) is 25.5. The predicted molar refractivity (Wildman–Crippen MR) is 113 cm³/mol. The highest BCUT2D eigenvalue weighted by Crippen LogP contribution is 2.60. The van der Waals surface area contributed by atoms with Crippen molar-refractivity contribution < 1.29 is 18.8 Å². The number of benzene rings is 1. The number of carbonyl (C=O) groups excluding carboxylic acids is 2. The molecular weight excluding hydrogens is 394 g/mol. The molecule has 4 aliphatic carbocycles. The van der Waals surface area contributed by atoms with E-state index in [2.05, 4.69) is 16.0 Å². The largest absolute Gasteiger partial charge is 0.489 e. The van der Waals surface area contributed by atoms with E-state index < -0.39 is 0 Å². The zero-order valence-electron chi connectivity index (χ0n) is 18.1. The number of ether oxygens (including phenoxy) is 1. The van der Waals surface area contributed by atoms with Gasteiger partial charge in [0.15, 0.2) is 0 Å². The van der Waals surface area contributed by atoms with E-state index >= 15 is 0 Å². The highest BCUT2D eigenvalue weighted by Gasteiger charge is 2.54. The second kappa shape index (κ2) is 7.70. The second-order valence-electron chi connectivity index (χ2n) is 9.72. The molecule has 4 fully saturated rings. The van der Waals surface area contributed by atoms with Crippen molar-refractivity contribution in [2.45, 2.75) is 59.0 Å². The van der Waals surface area contributed by atoms with Gasteiger partial charge >= 0.3 is 0 Å². The van der Waals surface area contributed by atoms with Crippen LogP contribution in [0.4, 0.5) is 0 Å². The van der Waals surface area contributed by atoms with Gasteiger partial charge in [0.05, 0.1) is 16.7 Å². The van der Waals surface area contributed by atoms with Crippen molar-refractivity contribution in [3.05, 3.63) is 46.8 Å². The number of nitrogens with one attached hydrogen (secondary N) is 2. The van der Waals surface area contributed by atoms with Crippen LogP contribution >= 0.6 is 0 Å². The first kappa shape index (κ1) is 20.1. The minimum atomic E-state index is -0.324. The Hall–Kier alpha value is -2.83. The number of hydrazine groups is 1. The molecule has 4 aliphatic rings. The smallest absolute Gasteiger partial charge is 0.269 e. The van der Waals surface area contributed by atoms with Gasteiger partial charge in [0.2, 0.25) is 5.91 Å². The van der Waals surface area contributed by atoms with E-state index in [4.69, 9.17) is 9.26 Å². The Morgan fingerprint density at radius 2 is 1.65 bits per heavy atom. The van der Waals surface area contributed by atoms with Crippen LogP contribution in [0.5, 0.6) is 5.75 Å². The molecule has 0 spiro atoms. The van der Waals surface area contributed by atoms with Gasteiger partial charge in [-0.25, -0.2) is 0 Å². The minimum Gasteiger partial charge on any atom is -0.489 e. The molecule has 2 N–H and O–H groups in total. The SMILES string of the molecule is Cc1noc(C)c1COc1ccc(C(=O)NNC(=O)C23CC4CC(CC(C4)C2)C3)cc1. The third kappa shape index (κ3) is 3.82. The molecule has 31 heavy (non-hydrogen) atoms. The average molecular weight is 424 g/mol. The van der Waals surface area contributed by atoms with Crippen LogP contribution in [0.25, 0.3) is 0 Å². The lowest BCUT2D eigenvalue weighted by molar-refractivity contribution is -0.147. The van der Waals surface area contributed by atoms with E-state index in [1.54, 1.807) is 24.3 Å². The summed E-state index contributed by atoms with van der Waals surface area (Å²) >= 11 is 0. The molecule has 1 aromatic carbocycles. The highest BCUT2D eigenvalue weighted by atomic mass is 16.5. The summed E-state index contributed by atoms with van der Waals surface area (Å²) in [5.74, 6) is 3.11. The first-order valence-corrected chi connectivity index (χ1v) is 11.2. The number of aryl methyl sites for hydroxylation is 2. The van der Waals surface area contributed by atoms with E-state index in [9.17, 15) is 9.59 Å². The summed E-state index contributed by atoms with van der Waals surface area (Å²) in [5, 5.41) is 3.92. The molecule has 0 unspecified atom stereocenters. The van der Waals surface area contributed by atoms with Gasteiger partial charge in [-0.15, -0.1) is 0 Å². The molecular formula is C24H29N3O4. The van der Waals surface area contributed by atoms with Crippen LogP contribution in [-0.4, -0.2) is 17.0 Å². The molecule has 4 bridgehead atoms. The maximum Gasteiger partial charge on any atom is 0.269 e. The summed E-state index contributed by atoms with van der Waals surface area (Å²) in [7, 11) is 0. The van der Waals surface area contributed by atoms with Gasteiger partial charge in [0.25, 0.3) is 5.91 Å². The summed E-state index contributed by atoms with van der Waals surface area (Å²) < 4.78 is 10.9. The third-order valence-corrected chi connectivity index (χ3v) is 7.49. The maximum absolute atomic E-state index is 13.0. The van der Waals surface area contributed by atoms with Crippen LogP contribution in [0.2, 0.25) is 0 Å². The lowest BCUT2D eigenvalue weighted by Gasteiger charge is -2.55. The summed E-state index contributed by atoms with van der Waals surface area (Å²) in [5.41, 5.74) is 7.26. The molecule has 0 aliphatic heterocycles. The van der Waals surface area contributed by atoms with E-state index in [1.165, 1.54) is 19.3 Å². The van der Waals surface area contributed by atoms with Crippen molar-refractivity contribution in [3.63, 3.8) is 0 Å². The van der Waals surface area contributed by atoms with Crippen molar-refractivity contribution in [2.24, 2.45) is 23.2 Å². The van der Waals surface area contributed by atoms with Gasteiger partial charge in [-0.2, -0.15) is 0 Å². The van der Waals surface area contributed by atoms with Crippen LogP contribution in [0.15, 0.2) is 28.8 Å². The number of carbonyl (C=O) groups is 2. The fourth-order valence-corrected chi connectivity index (χ4v) is 6.27. The third-order valence-electron chi connectivity index (χ3n) is 7.49. The zero-order chi connectivity index (χ0) is 21.6. The number of hydrogen-bond acceptors (Lipinski definition) is 5. The van der Waals surface area contributed by atoms with Crippen molar-refractivity contribution in [1.82, 2.24) is 16.0 Å². The fourth-order valence-electron chi connectivity index (χ4n) is 6.27. The number of rotatable bonds is 5. The number of amides is 2. The Bertz CT molecular complexity index is 940. The highest BCUT2D eigenvalue weighted by molar-refractivity contribution is 5.96. The molecule has 2 aromatic rings. The van der Waals surface area contributed by atoms with Gasteiger partial charge in [-0.1, -0.05) is 5.16 Å². The van der Waals surface area contributed by atoms with Gasteiger partial charge in [-0.3, -0.25) is 20.4 Å². The normalized spacial score (nSPS) is 28.4. The fraction of sp³-hybridized carbons (Fsp3) is 0.542. The van der Waals surface area contributed by atoms with Crippen molar-refractivity contribution in [2.75, 3.05) is 0 Å². The molecule has 7 heteroatoms. The Balaban J connectivity index is 1.15. The van der Waals surface area contributed by atoms with Gasteiger partial charge in [0.1, 0.15) is 18.1 Å². The van der Waals surface area contributed by atoms with Crippen LogP contribution in [-0.2, 0) is 11.4 Å². The van der Waals surface area contributed by atoms with Gasteiger partial charge in [0, 0.05) is 5.56 Å². The molecule has 4 saturated carbocycles. The van der Waals surface area contributed by atoms with Crippen molar-refractivity contribution in [1.29, 1.82) is 0 Å². The van der Waals surface area contributed by atoms with Gasteiger partial charge < -0.3 is 9.26 Å². The average Bonchev–Trinajstić information content (AvgIpc) is 3.07. The Morgan fingerprint density at radius 3 is 2.19 bits per heavy atom. The minimum absolute atomic E-state index is 0.0145. The molecule has 164 valence electrons. The molecule has 2 amide bonds. The number of hydrogen-bond donors (Lipinski definition) is 2. The van der Waals surface area contributed by atoms with E-state index in [-0.39, 0.29) is 17.2 Å². The monoisotopic (exact) mass is 423 g/mol. The van der Waals surface area contributed by atoms with E-state index in [1.807, 2.05) is 13.8 Å². The molecule has 0 radical (unpaired) electrons. The predicted octanol–water partition coefficient (Wildman–Crippen LogP) is 3.85. The molecule has 0 atom stereocenters. The summed E-state index contributed by atoms with van der Waals surface area (Å²) in [6.45, 7) is 4.08. The lowest BCUT2D eigenvalue weighted by Crippen LogP contribution is -2.56. The molecule has 1 aromatic heterocycles. The Labute approximate surface area is 181 Å². The van der Waals surface area contributed by atoms with Gasteiger partial charge in [-0.05, 0) is 94.4 Å². The Morgan fingerprint density at radius 1 is 1.03 bits per heavy atom. The summed E-state index contributed by atoms with van der Waals surface area (Å²) in [6.07, 6.45) is 6.75. The molecule has 6 rings (SSSR count). The number of nitrogens with zero attached hydrogens (tertiary/aromatic N) is 1. The van der Waals surface area contributed by atoms with Crippen molar-refractivity contribution >= 4 is 11.8 Å². The topological polar surface area (TPSA) is 93.5 Å². The quantitative estimate of drug-likeness (QED) is 0.713. The Kier molecular flexibility index (Phi) is 4.99. The van der Waals surface area contributed by atoms with Crippen LogP contribution in [0.1, 0.15) is 65.9 Å². The maximum atomic E-state index is 13.0. The van der Waals surface area contributed by atoms with E-state index in [0.717, 1.165) is 36.3 Å². The van der Waals surface area contributed by atoms with Crippen molar-refractivity contribution in [3.8, 4) is 5.75 Å².